The van der Waals surface area contributed by atoms with Crippen molar-refractivity contribution in [2.45, 2.75) is 44.4 Å². The van der Waals surface area contributed by atoms with Crippen LogP contribution >= 0.6 is 12.6 Å². The van der Waals surface area contributed by atoms with Crippen molar-refractivity contribution >= 4 is 18.3 Å². The summed E-state index contributed by atoms with van der Waals surface area (Å²) in [7, 11) is 1.91. The largest absolute Gasteiger partial charge is 0.293 e. The number of rotatable bonds is 4. The van der Waals surface area contributed by atoms with Crippen LogP contribution in [0.1, 0.15) is 44.2 Å². The molecule has 2 rings (SSSR count). The second-order valence-corrected chi connectivity index (χ2v) is 6.35. The van der Waals surface area contributed by atoms with Gasteiger partial charge in [0, 0.05) is 12.8 Å². The van der Waals surface area contributed by atoms with Crippen molar-refractivity contribution in [3.8, 4) is 0 Å². The van der Waals surface area contributed by atoms with E-state index in [2.05, 4.69) is 60.6 Å². The highest BCUT2D eigenvalue weighted by Gasteiger charge is 2.33. The minimum Gasteiger partial charge on any atom is -0.293 e. The van der Waals surface area contributed by atoms with Crippen LogP contribution in [0.25, 0.3) is 0 Å². The molecule has 0 aromatic heterocycles. The zero-order chi connectivity index (χ0) is 14.6. The second-order valence-electron chi connectivity index (χ2n) is 6.03. The van der Waals surface area contributed by atoms with Crippen molar-refractivity contribution in [3.63, 3.8) is 0 Å². The minimum absolute atomic E-state index is 0.00233. The van der Waals surface area contributed by atoms with Crippen LogP contribution in [0, 0.1) is 0 Å². The average molecular weight is 290 g/mol. The van der Waals surface area contributed by atoms with Crippen molar-refractivity contribution in [2.24, 2.45) is 4.99 Å². The molecule has 0 bridgehead atoms. The van der Waals surface area contributed by atoms with Gasteiger partial charge in [-0.15, -0.1) is 0 Å². The number of aliphatic imine (C=N–C) groups is 1. The summed E-state index contributed by atoms with van der Waals surface area (Å²) in [6.45, 7) is 6.96. The van der Waals surface area contributed by atoms with Gasteiger partial charge in [0.15, 0.2) is 0 Å². The van der Waals surface area contributed by atoms with Crippen LogP contribution in [-0.2, 0) is 5.75 Å². The van der Waals surface area contributed by atoms with Crippen LogP contribution in [0.4, 0.5) is 0 Å². The summed E-state index contributed by atoms with van der Waals surface area (Å²) in [5.74, 6) is 0.786. The van der Waals surface area contributed by atoms with Crippen molar-refractivity contribution < 1.29 is 0 Å². The maximum atomic E-state index is 4.62. The molecule has 0 saturated carbocycles. The van der Waals surface area contributed by atoms with Gasteiger partial charge in [-0.3, -0.25) is 9.89 Å². The average Bonchev–Trinajstić information content (AvgIpc) is 2.49. The van der Waals surface area contributed by atoms with E-state index in [0.717, 1.165) is 5.75 Å². The lowest BCUT2D eigenvalue weighted by molar-refractivity contribution is 0.147. The standard InChI is InChI=1S/C17H26N2S/c1-17(2,19-11-5-4-6-12-19)16(18-3)15-9-7-14(13-20)8-10-15/h7-10,20H,4-6,11-13H2,1-3H3/b18-16-. The van der Waals surface area contributed by atoms with Crippen molar-refractivity contribution in [1.29, 1.82) is 0 Å². The molecular weight excluding hydrogens is 264 g/mol. The smallest absolute Gasteiger partial charge is 0.0614 e. The Balaban J connectivity index is 2.25. The fourth-order valence-corrected chi connectivity index (χ4v) is 3.34. The van der Waals surface area contributed by atoms with Crippen LogP contribution in [0.2, 0.25) is 0 Å². The molecule has 20 heavy (non-hydrogen) atoms. The van der Waals surface area contributed by atoms with Crippen molar-refractivity contribution in [2.75, 3.05) is 20.1 Å². The lowest BCUT2D eigenvalue weighted by Crippen LogP contribution is -2.52. The highest BCUT2D eigenvalue weighted by Crippen LogP contribution is 2.25. The predicted molar refractivity (Wildman–Crippen MR) is 91.1 cm³/mol. The van der Waals surface area contributed by atoms with E-state index >= 15 is 0 Å². The molecule has 1 aromatic rings. The summed E-state index contributed by atoms with van der Waals surface area (Å²) in [5, 5.41) is 0. The van der Waals surface area contributed by atoms with Crippen molar-refractivity contribution in [3.05, 3.63) is 35.4 Å². The number of likely N-dealkylation sites (tertiary alicyclic amines) is 1. The molecule has 0 N–H and O–H groups in total. The van der Waals surface area contributed by atoms with E-state index in [0.29, 0.717) is 0 Å². The first-order valence-corrected chi connectivity index (χ1v) is 8.15. The third kappa shape index (κ3) is 3.26. The summed E-state index contributed by atoms with van der Waals surface area (Å²) in [4.78, 5) is 7.19. The Morgan fingerprint density at radius 3 is 2.25 bits per heavy atom. The maximum absolute atomic E-state index is 4.62. The number of piperidine rings is 1. The number of thiol groups is 1. The van der Waals surface area contributed by atoms with Gasteiger partial charge in [0.2, 0.25) is 0 Å². The molecule has 1 aromatic carbocycles. The van der Waals surface area contributed by atoms with E-state index in [1.807, 2.05) is 7.05 Å². The van der Waals surface area contributed by atoms with E-state index < -0.39 is 0 Å². The predicted octanol–water partition coefficient (Wildman–Crippen LogP) is 3.80. The lowest BCUT2D eigenvalue weighted by atomic mass is 9.88. The van der Waals surface area contributed by atoms with E-state index in [9.17, 15) is 0 Å². The van der Waals surface area contributed by atoms with Crippen molar-refractivity contribution in [1.82, 2.24) is 4.90 Å². The topological polar surface area (TPSA) is 15.6 Å². The summed E-state index contributed by atoms with van der Waals surface area (Å²) in [6, 6.07) is 8.67. The lowest BCUT2D eigenvalue weighted by Gasteiger charge is -2.42. The van der Waals surface area contributed by atoms with Gasteiger partial charge in [0.05, 0.1) is 11.3 Å². The molecule has 0 unspecified atom stereocenters. The molecule has 2 nitrogen and oxygen atoms in total. The molecule has 0 spiro atoms. The quantitative estimate of drug-likeness (QED) is 0.658. The highest BCUT2D eigenvalue weighted by molar-refractivity contribution is 7.79. The van der Waals surface area contributed by atoms with Gasteiger partial charge in [-0.25, -0.2) is 0 Å². The summed E-state index contributed by atoms with van der Waals surface area (Å²) in [6.07, 6.45) is 3.97. The van der Waals surface area contributed by atoms with Crippen LogP contribution in [0.5, 0.6) is 0 Å². The first kappa shape index (κ1) is 15.6. The molecule has 0 aliphatic carbocycles. The Morgan fingerprint density at radius 1 is 1.15 bits per heavy atom. The van der Waals surface area contributed by atoms with E-state index in [1.165, 1.54) is 49.2 Å². The van der Waals surface area contributed by atoms with Crippen LogP contribution in [-0.4, -0.2) is 36.3 Å². The fourth-order valence-electron chi connectivity index (χ4n) is 3.13. The van der Waals surface area contributed by atoms with Crippen LogP contribution in [0.3, 0.4) is 0 Å². The van der Waals surface area contributed by atoms with Crippen LogP contribution in [0.15, 0.2) is 29.3 Å². The first-order chi connectivity index (χ1) is 9.59. The molecule has 0 atom stereocenters. The monoisotopic (exact) mass is 290 g/mol. The zero-order valence-corrected chi connectivity index (χ0v) is 13.8. The third-order valence-electron chi connectivity index (χ3n) is 4.36. The minimum atomic E-state index is -0.00233. The molecule has 1 fully saturated rings. The molecule has 3 heteroatoms. The van der Waals surface area contributed by atoms with Gasteiger partial charge in [0.1, 0.15) is 0 Å². The summed E-state index contributed by atoms with van der Waals surface area (Å²) in [5.41, 5.74) is 3.67. The zero-order valence-electron chi connectivity index (χ0n) is 12.9. The summed E-state index contributed by atoms with van der Waals surface area (Å²) < 4.78 is 0. The summed E-state index contributed by atoms with van der Waals surface area (Å²) >= 11 is 4.32. The number of benzene rings is 1. The molecule has 110 valence electrons. The Hall–Kier alpha value is -0.800. The van der Waals surface area contributed by atoms with Gasteiger partial charge >= 0.3 is 0 Å². The maximum Gasteiger partial charge on any atom is 0.0614 e. The van der Waals surface area contributed by atoms with Crippen LogP contribution < -0.4 is 0 Å². The molecule has 1 saturated heterocycles. The SMILES string of the molecule is C/N=C(/c1ccc(CS)cc1)C(C)(C)N1CCCCC1. The number of hydrogen-bond donors (Lipinski definition) is 1. The number of nitrogens with zero attached hydrogens (tertiary/aromatic N) is 2. The van der Waals surface area contributed by atoms with E-state index in [-0.39, 0.29) is 5.54 Å². The van der Waals surface area contributed by atoms with Gasteiger partial charge < -0.3 is 0 Å². The molecule has 1 heterocycles. The Morgan fingerprint density at radius 2 is 1.75 bits per heavy atom. The van der Waals surface area contributed by atoms with E-state index in [4.69, 9.17) is 0 Å². The molecule has 1 aliphatic rings. The molecule has 1 aliphatic heterocycles. The Kier molecular flexibility index (Phi) is 5.28. The first-order valence-electron chi connectivity index (χ1n) is 7.52. The number of hydrogen-bond acceptors (Lipinski definition) is 3. The second kappa shape index (κ2) is 6.77. The van der Waals surface area contributed by atoms with Gasteiger partial charge in [0.25, 0.3) is 0 Å². The third-order valence-corrected chi connectivity index (χ3v) is 4.72. The molecule has 0 amide bonds. The normalized spacial score (nSPS) is 18.3. The van der Waals surface area contributed by atoms with E-state index in [1.54, 1.807) is 0 Å². The highest BCUT2D eigenvalue weighted by atomic mass is 32.1. The van der Waals surface area contributed by atoms with Gasteiger partial charge in [-0.05, 0) is 50.9 Å². The Bertz CT molecular complexity index is 456. The molecule has 0 radical (unpaired) electrons. The Labute approximate surface area is 128 Å². The molecular formula is C17H26N2S. The van der Waals surface area contributed by atoms with Gasteiger partial charge in [-0.2, -0.15) is 12.6 Å². The van der Waals surface area contributed by atoms with Gasteiger partial charge in [-0.1, -0.05) is 30.7 Å². The fraction of sp³-hybridized carbons (Fsp3) is 0.588.